The average molecular weight is 249 g/mol. The molecule has 3 aromatic carbocycles. The molecule has 0 spiro atoms. The van der Waals surface area contributed by atoms with E-state index < -0.39 is 0 Å². The summed E-state index contributed by atoms with van der Waals surface area (Å²) in [6, 6.07) is 19.6. The first-order chi connectivity index (χ1) is 9.01. The fraction of sp³-hybridized carbons (Fsp3) is 0.222. The van der Waals surface area contributed by atoms with Crippen LogP contribution in [0.5, 0.6) is 0 Å². The molecular formula is C18H19N. The first-order valence-corrected chi connectivity index (χ1v) is 6.72. The van der Waals surface area contributed by atoms with Crippen molar-refractivity contribution in [1.29, 1.82) is 0 Å². The lowest BCUT2D eigenvalue weighted by Crippen LogP contribution is -2.25. The van der Waals surface area contributed by atoms with Crippen LogP contribution in [0.1, 0.15) is 20.8 Å². The molecule has 0 saturated heterocycles. The third kappa shape index (κ3) is 2.55. The van der Waals surface area contributed by atoms with Crippen molar-refractivity contribution in [1.82, 2.24) is 0 Å². The van der Waals surface area contributed by atoms with E-state index in [-0.39, 0.29) is 5.54 Å². The van der Waals surface area contributed by atoms with Crippen LogP contribution in [-0.2, 0) is 0 Å². The Morgan fingerprint density at radius 1 is 0.684 bits per heavy atom. The standard InChI is InChI=1S/C18H19N/c1-18(2,3)19-17-9-8-15-10-13-6-4-5-7-14(13)11-16(15)12-17/h4-12,19H,1-3H3. The Hall–Kier alpha value is -2.02. The van der Waals surface area contributed by atoms with E-state index in [0.29, 0.717) is 0 Å². The van der Waals surface area contributed by atoms with Gasteiger partial charge in [-0.25, -0.2) is 0 Å². The highest BCUT2D eigenvalue weighted by molar-refractivity contribution is 5.99. The van der Waals surface area contributed by atoms with E-state index in [1.165, 1.54) is 27.2 Å². The van der Waals surface area contributed by atoms with Crippen molar-refractivity contribution in [3.05, 3.63) is 54.6 Å². The van der Waals surface area contributed by atoms with Crippen LogP contribution in [0.2, 0.25) is 0 Å². The fourth-order valence-corrected chi connectivity index (χ4v) is 2.45. The van der Waals surface area contributed by atoms with E-state index in [1.54, 1.807) is 0 Å². The second-order valence-electron chi connectivity index (χ2n) is 6.14. The number of fused-ring (bicyclic) bond motifs is 2. The van der Waals surface area contributed by atoms with Crippen LogP contribution in [0.4, 0.5) is 5.69 Å². The molecule has 0 aliphatic heterocycles. The van der Waals surface area contributed by atoms with Crippen molar-refractivity contribution in [3.63, 3.8) is 0 Å². The predicted octanol–water partition coefficient (Wildman–Crippen LogP) is 5.20. The number of anilines is 1. The van der Waals surface area contributed by atoms with Gasteiger partial charge in [0.15, 0.2) is 0 Å². The SMILES string of the molecule is CC(C)(C)Nc1ccc2cc3ccccc3cc2c1. The first kappa shape index (κ1) is 12.0. The Bertz CT molecular complexity index is 735. The second kappa shape index (κ2) is 4.27. The molecule has 0 fully saturated rings. The second-order valence-corrected chi connectivity index (χ2v) is 6.14. The van der Waals surface area contributed by atoms with Crippen molar-refractivity contribution in [2.75, 3.05) is 5.32 Å². The Labute approximate surface area is 114 Å². The molecule has 0 radical (unpaired) electrons. The van der Waals surface area contributed by atoms with Crippen LogP contribution in [0.25, 0.3) is 21.5 Å². The molecule has 0 aromatic heterocycles. The minimum Gasteiger partial charge on any atom is -0.380 e. The van der Waals surface area contributed by atoms with Crippen molar-refractivity contribution < 1.29 is 0 Å². The monoisotopic (exact) mass is 249 g/mol. The number of nitrogens with one attached hydrogen (secondary N) is 1. The van der Waals surface area contributed by atoms with Gasteiger partial charge in [-0.2, -0.15) is 0 Å². The minimum atomic E-state index is 0.0878. The van der Waals surface area contributed by atoms with Crippen molar-refractivity contribution >= 4 is 27.2 Å². The summed E-state index contributed by atoms with van der Waals surface area (Å²) in [5, 5.41) is 8.69. The third-order valence-corrected chi connectivity index (χ3v) is 3.22. The molecule has 1 N–H and O–H groups in total. The van der Waals surface area contributed by atoms with Gasteiger partial charge in [0.05, 0.1) is 0 Å². The van der Waals surface area contributed by atoms with Crippen LogP contribution in [0.3, 0.4) is 0 Å². The Morgan fingerprint density at radius 3 is 1.89 bits per heavy atom. The molecule has 0 amide bonds. The van der Waals surface area contributed by atoms with E-state index in [4.69, 9.17) is 0 Å². The Kier molecular flexibility index (Phi) is 2.70. The van der Waals surface area contributed by atoms with Gasteiger partial charge in [-0.05, 0) is 66.6 Å². The van der Waals surface area contributed by atoms with Crippen LogP contribution >= 0.6 is 0 Å². The van der Waals surface area contributed by atoms with Gasteiger partial charge in [-0.1, -0.05) is 30.3 Å². The largest absolute Gasteiger partial charge is 0.380 e. The summed E-state index contributed by atoms with van der Waals surface area (Å²) in [7, 11) is 0. The van der Waals surface area contributed by atoms with Crippen LogP contribution in [-0.4, -0.2) is 5.54 Å². The van der Waals surface area contributed by atoms with Crippen LogP contribution in [0.15, 0.2) is 54.6 Å². The van der Waals surface area contributed by atoms with Crippen molar-refractivity contribution in [3.8, 4) is 0 Å². The molecule has 0 heterocycles. The first-order valence-electron chi connectivity index (χ1n) is 6.72. The van der Waals surface area contributed by atoms with Gasteiger partial charge >= 0.3 is 0 Å². The van der Waals surface area contributed by atoms with E-state index in [0.717, 1.165) is 0 Å². The predicted molar refractivity (Wildman–Crippen MR) is 84.8 cm³/mol. The molecule has 0 saturated carbocycles. The van der Waals surface area contributed by atoms with E-state index in [1.807, 2.05) is 0 Å². The summed E-state index contributed by atoms with van der Waals surface area (Å²) >= 11 is 0. The van der Waals surface area contributed by atoms with Gasteiger partial charge in [0.2, 0.25) is 0 Å². The summed E-state index contributed by atoms with van der Waals surface area (Å²) in [5.74, 6) is 0. The summed E-state index contributed by atoms with van der Waals surface area (Å²) in [5.41, 5.74) is 1.26. The smallest absolute Gasteiger partial charge is 0.0350 e. The average Bonchev–Trinajstić information content (AvgIpc) is 2.34. The molecular weight excluding hydrogens is 230 g/mol. The van der Waals surface area contributed by atoms with Crippen molar-refractivity contribution in [2.45, 2.75) is 26.3 Å². The maximum absolute atomic E-state index is 3.52. The van der Waals surface area contributed by atoms with Gasteiger partial charge in [-0.15, -0.1) is 0 Å². The van der Waals surface area contributed by atoms with Gasteiger partial charge < -0.3 is 5.32 Å². The number of benzene rings is 3. The van der Waals surface area contributed by atoms with E-state index in [9.17, 15) is 0 Å². The number of hydrogen-bond donors (Lipinski definition) is 1. The van der Waals surface area contributed by atoms with Crippen molar-refractivity contribution in [2.24, 2.45) is 0 Å². The molecule has 1 heteroatoms. The minimum absolute atomic E-state index is 0.0878. The molecule has 96 valence electrons. The summed E-state index contributed by atoms with van der Waals surface area (Å²) in [6.07, 6.45) is 0. The molecule has 1 nitrogen and oxygen atoms in total. The molecule has 0 atom stereocenters. The molecule has 0 unspecified atom stereocenters. The normalized spacial score (nSPS) is 11.9. The molecule has 0 bridgehead atoms. The maximum Gasteiger partial charge on any atom is 0.0350 e. The zero-order chi connectivity index (χ0) is 13.5. The third-order valence-electron chi connectivity index (χ3n) is 3.22. The summed E-state index contributed by atoms with van der Waals surface area (Å²) in [6.45, 7) is 6.53. The molecule has 3 rings (SSSR count). The Morgan fingerprint density at radius 2 is 1.26 bits per heavy atom. The molecule has 19 heavy (non-hydrogen) atoms. The highest BCUT2D eigenvalue weighted by atomic mass is 14.9. The number of rotatable bonds is 1. The van der Waals surface area contributed by atoms with Gasteiger partial charge in [0, 0.05) is 11.2 Å². The van der Waals surface area contributed by atoms with Gasteiger partial charge in [0.1, 0.15) is 0 Å². The van der Waals surface area contributed by atoms with E-state index >= 15 is 0 Å². The maximum atomic E-state index is 3.52. The summed E-state index contributed by atoms with van der Waals surface area (Å²) in [4.78, 5) is 0. The van der Waals surface area contributed by atoms with Crippen LogP contribution < -0.4 is 5.32 Å². The highest BCUT2D eigenvalue weighted by Crippen LogP contribution is 2.26. The number of hydrogen-bond acceptors (Lipinski definition) is 1. The fourth-order valence-electron chi connectivity index (χ4n) is 2.45. The van der Waals surface area contributed by atoms with E-state index in [2.05, 4.69) is 80.7 Å². The lowest BCUT2D eigenvalue weighted by atomic mass is 10.0. The summed E-state index contributed by atoms with van der Waals surface area (Å²) < 4.78 is 0. The highest BCUT2D eigenvalue weighted by Gasteiger charge is 2.09. The van der Waals surface area contributed by atoms with Gasteiger partial charge in [0.25, 0.3) is 0 Å². The lowest BCUT2D eigenvalue weighted by molar-refractivity contribution is 0.634. The zero-order valence-corrected chi connectivity index (χ0v) is 11.7. The Balaban J connectivity index is 2.14. The molecule has 3 aromatic rings. The quantitative estimate of drug-likeness (QED) is 0.584. The van der Waals surface area contributed by atoms with Gasteiger partial charge in [-0.3, -0.25) is 0 Å². The topological polar surface area (TPSA) is 12.0 Å². The molecule has 0 aliphatic carbocycles. The zero-order valence-electron chi connectivity index (χ0n) is 11.7. The van der Waals surface area contributed by atoms with Crippen LogP contribution in [0, 0.1) is 0 Å². The molecule has 0 aliphatic rings. The lowest BCUT2D eigenvalue weighted by Gasteiger charge is -2.22.